The van der Waals surface area contributed by atoms with Gasteiger partial charge >= 0.3 is 5.97 Å². The van der Waals surface area contributed by atoms with Gasteiger partial charge in [-0.15, -0.1) is 0 Å². The van der Waals surface area contributed by atoms with Gasteiger partial charge in [0.05, 0.1) is 22.7 Å². The smallest absolute Gasteiger partial charge is 0.339 e. The average molecular weight is 233 g/mol. The first-order valence-electron chi connectivity index (χ1n) is 3.62. The average Bonchev–Trinajstić information content (AvgIpc) is 2.20. The van der Waals surface area contributed by atoms with Gasteiger partial charge < -0.3 is 4.74 Å². The van der Waals surface area contributed by atoms with Gasteiger partial charge in [0.25, 0.3) is 0 Å². The van der Waals surface area contributed by atoms with Crippen LogP contribution in [0.2, 0.25) is 10.0 Å². The molecular weight excluding hydrogens is 227 g/mol. The quantitative estimate of drug-likeness (QED) is 0.582. The van der Waals surface area contributed by atoms with Gasteiger partial charge in [-0.2, -0.15) is 0 Å². The van der Waals surface area contributed by atoms with Crippen LogP contribution in [0.4, 0.5) is 0 Å². The highest BCUT2D eigenvalue weighted by molar-refractivity contribution is 6.44. The number of aldehydes is 1. The van der Waals surface area contributed by atoms with Crippen LogP contribution >= 0.6 is 23.2 Å². The van der Waals surface area contributed by atoms with Gasteiger partial charge in [0.1, 0.15) is 6.29 Å². The molecule has 0 aliphatic carbocycles. The number of ether oxygens (including phenoxy) is 1. The fourth-order valence-corrected chi connectivity index (χ4v) is 1.35. The molecular formula is C9H6Cl2O3. The highest BCUT2D eigenvalue weighted by Crippen LogP contribution is 2.27. The molecule has 0 N–H and O–H groups in total. The van der Waals surface area contributed by atoms with E-state index in [1.165, 1.54) is 19.2 Å². The normalized spacial score (nSPS) is 9.64. The molecule has 0 aromatic heterocycles. The zero-order valence-electron chi connectivity index (χ0n) is 7.21. The van der Waals surface area contributed by atoms with Gasteiger partial charge in [-0.3, -0.25) is 4.79 Å². The standard InChI is InChI=1S/C9H6Cl2O3/c1-14-9(13)6-2-5(4-12)3-7(10)8(6)11/h2-4H,1H3. The van der Waals surface area contributed by atoms with Gasteiger partial charge in [0.2, 0.25) is 0 Å². The zero-order valence-corrected chi connectivity index (χ0v) is 8.72. The predicted octanol–water partition coefficient (Wildman–Crippen LogP) is 2.59. The molecule has 0 heterocycles. The minimum Gasteiger partial charge on any atom is -0.465 e. The molecule has 0 bridgehead atoms. The minimum absolute atomic E-state index is 0.0868. The number of esters is 1. The molecule has 0 spiro atoms. The number of rotatable bonds is 2. The third-order valence-electron chi connectivity index (χ3n) is 1.59. The van der Waals surface area contributed by atoms with Crippen molar-refractivity contribution >= 4 is 35.5 Å². The van der Waals surface area contributed by atoms with Crippen molar-refractivity contribution in [2.24, 2.45) is 0 Å². The van der Waals surface area contributed by atoms with Crippen LogP contribution < -0.4 is 0 Å². The summed E-state index contributed by atoms with van der Waals surface area (Å²) >= 11 is 11.4. The summed E-state index contributed by atoms with van der Waals surface area (Å²) in [7, 11) is 1.22. The van der Waals surface area contributed by atoms with Crippen LogP contribution in [-0.2, 0) is 4.74 Å². The molecule has 0 saturated heterocycles. The van der Waals surface area contributed by atoms with Gasteiger partial charge in [-0.25, -0.2) is 4.79 Å². The predicted molar refractivity (Wildman–Crippen MR) is 53.2 cm³/mol. The summed E-state index contributed by atoms with van der Waals surface area (Å²) in [5, 5.41) is 0.237. The fourth-order valence-electron chi connectivity index (χ4n) is 0.937. The highest BCUT2D eigenvalue weighted by atomic mass is 35.5. The van der Waals surface area contributed by atoms with E-state index < -0.39 is 5.97 Å². The second-order valence-corrected chi connectivity index (χ2v) is 3.26. The summed E-state index contributed by atoms with van der Waals surface area (Å²) in [4.78, 5) is 21.7. The van der Waals surface area contributed by atoms with Crippen LogP contribution in [0.5, 0.6) is 0 Å². The Morgan fingerprint density at radius 2 is 2.07 bits per heavy atom. The Hall–Kier alpha value is -1.06. The van der Waals surface area contributed by atoms with Crippen molar-refractivity contribution in [3.63, 3.8) is 0 Å². The minimum atomic E-state index is -0.624. The number of halogens is 2. The van der Waals surface area contributed by atoms with E-state index in [0.29, 0.717) is 6.29 Å². The summed E-state index contributed by atoms with van der Waals surface area (Å²) in [5.74, 6) is -0.624. The fraction of sp³-hybridized carbons (Fsp3) is 0.111. The van der Waals surface area contributed by atoms with Crippen LogP contribution in [0.3, 0.4) is 0 Å². The van der Waals surface area contributed by atoms with Gasteiger partial charge in [0.15, 0.2) is 0 Å². The van der Waals surface area contributed by atoms with E-state index in [2.05, 4.69) is 4.74 Å². The molecule has 0 fully saturated rings. The van der Waals surface area contributed by atoms with E-state index in [0.717, 1.165) is 0 Å². The number of carbonyl (C=O) groups is 2. The lowest BCUT2D eigenvalue weighted by Crippen LogP contribution is -2.03. The number of hydrogen-bond acceptors (Lipinski definition) is 3. The Labute approximate surface area is 90.6 Å². The van der Waals surface area contributed by atoms with Gasteiger partial charge in [0, 0.05) is 5.56 Å². The second kappa shape index (κ2) is 4.44. The number of carbonyl (C=O) groups excluding carboxylic acids is 2. The lowest BCUT2D eigenvalue weighted by Gasteiger charge is -2.04. The lowest BCUT2D eigenvalue weighted by atomic mass is 10.1. The molecule has 0 radical (unpaired) electrons. The monoisotopic (exact) mass is 232 g/mol. The molecule has 5 heteroatoms. The molecule has 74 valence electrons. The summed E-state index contributed by atoms with van der Waals surface area (Å²) < 4.78 is 4.47. The second-order valence-electron chi connectivity index (χ2n) is 2.47. The van der Waals surface area contributed by atoms with E-state index in [9.17, 15) is 9.59 Å². The third kappa shape index (κ3) is 2.05. The Balaban J connectivity index is 3.33. The SMILES string of the molecule is COC(=O)c1cc(C=O)cc(Cl)c1Cl. The van der Waals surface area contributed by atoms with Crippen molar-refractivity contribution in [2.75, 3.05) is 7.11 Å². The first kappa shape index (κ1) is 11.0. The maximum absolute atomic E-state index is 11.2. The Morgan fingerprint density at radius 1 is 1.43 bits per heavy atom. The van der Waals surface area contributed by atoms with E-state index in [4.69, 9.17) is 23.2 Å². The van der Waals surface area contributed by atoms with Crippen LogP contribution in [0, 0.1) is 0 Å². The van der Waals surface area contributed by atoms with Crippen molar-refractivity contribution in [3.8, 4) is 0 Å². The van der Waals surface area contributed by atoms with Crippen molar-refractivity contribution in [1.82, 2.24) is 0 Å². The molecule has 0 atom stereocenters. The Kier molecular flexibility index (Phi) is 3.49. The first-order chi connectivity index (χ1) is 6.60. The lowest BCUT2D eigenvalue weighted by molar-refractivity contribution is 0.0601. The maximum Gasteiger partial charge on any atom is 0.339 e. The van der Waals surface area contributed by atoms with E-state index in [1.807, 2.05) is 0 Å². The molecule has 1 rings (SSSR count). The number of hydrogen-bond donors (Lipinski definition) is 0. The Morgan fingerprint density at radius 3 is 2.57 bits per heavy atom. The molecule has 14 heavy (non-hydrogen) atoms. The molecule has 3 nitrogen and oxygen atoms in total. The summed E-state index contributed by atoms with van der Waals surface area (Å²) in [6, 6.07) is 2.70. The van der Waals surface area contributed by atoms with Crippen LogP contribution in [0.25, 0.3) is 0 Å². The van der Waals surface area contributed by atoms with Crippen molar-refractivity contribution in [1.29, 1.82) is 0 Å². The summed E-state index contributed by atoms with van der Waals surface area (Å²) in [6.07, 6.45) is 0.578. The largest absolute Gasteiger partial charge is 0.465 e. The van der Waals surface area contributed by atoms with E-state index >= 15 is 0 Å². The van der Waals surface area contributed by atoms with E-state index in [-0.39, 0.29) is 21.2 Å². The Bertz CT molecular complexity index is 388. The molecule has 1 aromatic carbocycles. The number of benzene rings is 1. The number of methoxy groups -OCH3 is 1. The van der Waals surface area contributed by atoms with Gasteiger partial charge in [-0.05, 0) is 12.1 Å². The van der Waals surface area contributed by atoms with Crippen molar-refractivity contribution in [3.05, 3.63) is 33.3 Å². The third-order valence-corrected chi connectivity index (χ3v) is 2.39. The molecule has 0 aliphatic heterocycles. The molecule has 0 unspecified atom stereocenters. The van der Waals surface area contributed by atoms with Crippen LogP contribution in [-0.4, -0.2) is 19.4 Å². The summed E-state index contributed by atoms with van der Waals surface area (Å²) in [6.45, 7) is 0. The van der Waals surface area contributed by atoms with Crippen LogP contribution in [0.1, 0.15) is 20.7 Å². The highest BCUT2D eigenvalue weighted by Gasteiger charge is 2.14. The van der Waals surface area contributed by atoms with Crippen LogP contribution in [0.15, 0.2) is 12.1 Å². The van der Waals surface area contributed by atoms with Crippen molar-refractivity contribution < 1.29 is 14.3 Å². The molecule has 1 aromatic rings. The van der Waals surface area contributed by atoms with E-state index in [1.54, 1.807) is 0 Å². The molecule has 0 aliphatic rings. The van der Waals surface area contributed by atoms with Crippen molar-refractivity contribution in [2.45, 2.75) is 0 Å². The maximum atomic E-state index is 11.2. The topological polar surface area (TPSA) is 43.4 Å². The molecule has 0 saturated carbocycles. The summed E-state index contributed by atoms with van der Waals surface area (Å²) in [5.41, 5.74) is 0.364. The zero-order chi connectivity index (χ0) is 10.7. The first-order valence-corrected chi connectivity index (χ1v) is 4.38. The molecule has 0 amide bonds. The van der Waals surface area contributed by atoms with Gasteiger partial charge in [-0.1, -0.05) is 23.2 Å².